The monoisotopic (exact) mass is 649 g/mol. The molecule has 8 rings (SSSR count). The fourth-order valence-corrected chi connectivity index (χ4v) is 6.72. The summed E-state index contributed by atoms with van der Waals surface area (Å²) in [6.07, 6.45) is 0.851. The van der Waals surface area contributed by atoms with Gasteiger partial charge < -0.3 is 4.74 Å². The highest BCUT2D eigenvalue weighted by atomic mass is 16.5. The van der Waals surface area contributed by atoms with Crippen molar-refractivity contribution in [2.75, 3.05) is 0 Å². The molecule has 6 nitrogen and oxygen atoms in total. The summed E-state index contributed by atoms with van der Waals surface area (Å²) in [4.78, 5) is 6.52. The predicted octanol–water partition coefficient (Wildman–Crippen LogP) is 9.54. The van der Waals surface area contributed by atoms with Crippen LogP contribution in [0.1, 0.15) is 34.9 Å². The van der Waals surface area contributed by atoms with Gasteiger partial charge in [0.05, 0.1) is 5.52 Å². The Kier molecular flexibility index (Phi) is 8.41. The highest BCUT2D eigenvalue weighted by molar-refractivity contribution is 5.85. The lowest BCUT2D eigenvalue weighted by Gasteiger charge is -2.34. The number of para-hydroxylation sites is 1. The second kappa shape index (κ2) is 13.6. The summed E-state index contributed by atoms with van der Waals surface area (Å²) in [6, 6.07) is 58.1. The third-order valence-electron chi connectivity index (χ3n) is 9.21. The molecule has 0 radical (unpaired) electrons. The Morgan fingerprint density at radius 1 is 0.600 bits per heavy atom. The SMILES string of the molecule is CCc1cc(OCc2ccc(-c3ccccc3-c3nnn(C(c4ccccc4)(c4ccccc4)c4ccccc4)n3)cc2)c2ccccc2n1. The molecule has 0 saturated heterocycles. The van der Waals surface area contributed by atoms with Crippen LogP contribution in [0.3, 0.4) is 0 Å². The molecule has 0 aliphatic carbocycles. The molecule has 0 aliphatic heterocycles. The number of hydrogen-bond acceptors (Lipinski definition) is 5. The minimum Gasteiger partial charge on any atom is -0.488 e. The van der Waals surface area contributed by atoms with E-state index in [2.05, 4.69) is 128 Å². The van der Waals surface area contributed by atoms with Crippen LogP contribution in [0.5, 0.6) is 5.75 Å². The second-order valence-electron chi connectivity index (χ2n) is 12.2. The van der Waals surface area contributed by atoms with Crippen LogP contribution < -0.4 is 4.74 Å². The molecule has 242 valence electrons. The largest absolute Gasteiger partial charge is 0.488 e. The van der Waals surface area contributed by atoms with Crippen LogP contribution in [0.2, 0.25) is 0 Å². The van der Waals surface area contributed by atoms with Crippen molar-refractivity contribution in [2.45, 2.75) is 25.5 Å². The van der Waals surface area contributed by atoms with Crippen molar-refractivity contribution in [3.63, 3.8) is 0 Å². The van der Waals surface area contributed by atoms with Crippen LogP contribution in [0.25, 0.3) is 33.4 Å². The molecule has 0 N–H and O–H groups in total. The quantitative estimate of drug-likeness (QED) is 0.138. The molecule has 0 fully saturated rings. The first kappa shape index (κ1) is 30.9. The number of aromatic nitrogens is 5. The summed E-state index contributed by atoms with van der Waals surface area (Å²) in [5, 5.41) is 15.7. The Balaban J connectivity index is 1.14. The van der Waals surface area contributed by atoms with Crippen molar-refractivity contribution in [1.82, 2.24) is 25.2 Å². The molecule has 0 unspecified atom stereocenters. The van der Waals surface area contributed by atoms with E-state index in [1.807, 2.05) is 48.5 Å². The second-order valence-corrected chi connectivity index (χ2v) is 12.2. The lowest BCUT2D eigenvalue weighted by Crippen LogP contribution is -2.39. The van der Waals surface area contributed by atoms with Crippen molar-refractivity contribution < 1.29 is 4.74 Å². The topological polar surface area (TPSA) is 65.7 Å². The number of ether oxygens (including phenoxy) is 1. The Morgan fingerprint density at radius 2 is 1.16 bits per heavy atom. The Morgan fingerprint density at radius 3 is 1.78 bits per heavy atom. The molecule has 6 aromatic carbocycles. The first-order chi connectivity index (χ1) is 24.7. The van der Waals surface area contributed by atoms with Gasteiger partial charge in [0.25, 0.3) is 0 Å². The van der Waals surface area contributed by atoms with Gasteiger partial charge in [0.15, 0.2) is 5.54 Å². The van der Waals surface area contributed by atoms with E-state index < -0.39 is 5.54 Å². The summed E-state index contributed by atoms with van der Waals surface area (Å²) in [6.45, 7) is 2.56. The van der Waals surface area contributed by atoms with Gasteiger partial charge in [0, 0.05) is 22.7 Å². The summed E-state index contributed by atoms with van der Waals surface area (Å²) >= 11 is 0. The molecule has 50 heavy (non-hydrogen) atoms. The zero-order valence-electron chi connectivity index (χ0n) is 27.7. The van der Waals surface area contributed by atoms with Crippen LogP contribution in [0, 0.1) is 0 Å². The van der Waals surface area contributed by atoms with Crippen LogP contribution in [0.4, 0.5) is 0 Å². The predicted molar refractivity (Wildman–Crippen MR) is 199 cm³/mol. The van der Waals surface area contributed by atoms with Crippen LogP contribution in [0.15, 0.2) is 170 Å². The van der Waals surface area contributed by atoms with Gasteiger partial charge >= 0.3 is 0 Å². The van der Waals surface area contributed by atoms with Crippen molar-refractivity contribution in [1.29, 1.82) is 0 Å². The Bertz CT molecular complexity index is 2260. The van der Waals surface area contributed by atoms with Gasteiger partial charge in [0.1, 0.15) is 12.4 Å². The summed E-state index contributed by atoms with van der Waals surface area (Å²) < 4.78 is 6.36. The molecular formula is C44H35N5O. The first-order valence-corrected chi connectivity index (χ1v) is 16.9. The van der Waals surface area contributed by atoms with E-state index in [1.54, 1.807) is 4.80 Å². The molecule has 8 aromatic rings. The highest BCUT2D eigenvalue weighted by Crippen LogP contribution is 2.40. The molecule has 0 bridgehead atoms. The molecule has 0 saturated carbocycles. The van der Waals surface area contributed by atoms with E-state index in [1.165, 1.54) is 0 Å². The Labute approximate surface area is 291 Å². The van der Waals surface area contributed by atoms with Gasteiger partial charge in [-0.2, -0.15) is 0 Å². The van der Waals surface area contributed by atoms with Gasteiger partial charge in [-0.15, -0.1) is 15.0 Å². The number of aryl methyl sites for hydroxylation is 1. The van der Waals surface area contributed by atoms with Gasteiger partial charge in [-0.25, -0.2) is 0 Å². The number of rotatable bonds is 10. The molecule has 0 atom stereocenters. The van der Waals surface area contributed by atoms with Crippen molar-refractivity contribution in [2.24, 2.45) is 0 Å². The first-order valence-electron chi connectivity index (χ1n) is 16.9. The summed E-state index contributed by atoms with van der Waals surface area (Å²) in [5.41, 5.74) is 8.31. The number of fused-ring (bicyclic) bond motifs is 1. The minimum atomic E-state index is -0.844. The molecule has 6 heteroatoms. The van der Waals surface area contributed by atoms with Gasteiger partial charge in [-0.3, -0.25) is 4.98 Å². The van der Waals surface area contributed by atoms with Gasteiger partial charge in [0.2, 0.25) is 5.82 Å². The highest BCUT2D eigenvalue weighted by Gasteiger charge is 2.41. The zero-order valence-corrected chi connectivity index (χ0v) is 27.7. The molecule has 0 amide bonds. The fourth-order valence-electron chi connectivity index (χ4n) is 6.72. The summed E-state index contributed by atoms with van der Waals surface area (Å²) in [7, 11) is 0. The maximum atomic E-state index is 6.36. The van der Waals surface area contributed by atoms with Gasteiger partial charge in [-0.1, -0.05) is 159 Å². The smallest absolute Gasteiger partial charge is 0.205 e. The number of nitrogens with zero attached hydrogens (tertiary/aromatic N) is 5. The number of hydrogen-bond donors (Lipinski definition) is 0. The molecular weight excluding hydrogens is 615 g/mol. The van der Waals surface area contributed by atoms with E-state index in [-0.39, 0.29) is 0 Å². The normalized spacial score (nSPS) is 11.5. The zero-order chi connectivity index (χ0) is 33.8. The molecule has 0 spiro atoms. The van der Waals surface area contributed by atoms with Crippen molar-refractivity contribution in [3.8, 4) is 28.3 Å². The maximum Gasteiger partial charge on any atom is 0.205 e. The van der Waals surface area contributed by atoms with E-state index in [0.29, 0.717) is 12.4 Å². The van der Waals surface area contributed by atoms with E-state index >= 15 is 0 Å². The van der Waals surface area contributed by atoms with Crippen LogP contribution >= 0.6 is 0 Å². The third kappa shape index (κ3) is 5.71. The van der Waals surface area contributed by atoms with Crippen LogP contribution in [-0.4, -0.2) is 25.2 Å². The average Bonchev–Trinajstić information content (AvgIpc) is 3.69. The minimum absolute atomic E-state index is 0.454. The third-order valence-corrected chi connectivity index (χ3v) is 9.21. The van der Waals surface area contributed by atoms with Crippen molar-refractivity contribution >= 4 is 10.9 Å². The number of tetrazole rings is 1. The lowest BCUT2D eigenvalue weighted by atomic mass is 9.77. The van der Waals surface area contributed by atoms with Crippen LogP contribution in [-0.2, 0) is 18.6 Å². The Hall–Kier alpha value is -6.40. The van der Waals surface area contributed by atoms with Crippen molar-refractivity contribution in [3.05, 3.63) is 198 Å². The lowest BCUT2D eigenvalue weighted by molar-refractivity contribution is 0.309. The van der Waals surface area contributed by atoms with E-state index in [4.69, 9.17) is 25.1 Å². The summed E-state index contributed by atoms with van der Waals surface area (Å²) in [5.74, 6) is 1.41. The number of pyridine rings is 1. The molecule has 2 heterocycles. The van der Waals surface area contributed by atoms with Gasteiger partial charge in [-0.05, 0) is 57.1 Å². The number of benzene rings is 6. The van der Waals surface area contributed by atoms with E-state index in [9.17, 15) is 0 Å². The molecule has 0 aliphatic rings. The van der Waals surface area contributed by atoms with E-state index in [0.717, 1.165) is 67.7 Å². The maximum absolute atomic E-state index is 6.36. The molecule has 2 aromatic heterocycles. The average molecular weight is 650 g/mol. The standard InChI is InChI=1S/C44H35N5O/c1-2-37-30-42(40-24-14-15-25-41(40)45-37)50-31-32-26-28-33(29-27-32)38-22-12-13-23-39(38)43-46-48-49(47-43)44(34-16-6-3-7-17-34,35-18-8-4-9-19-35)36-20-10-5-11-21-36/h3-30H,2,31H2,1H3. The fraction of sp³-hybridized carbons (Fsp3) is 0.0909.